The van der Waals surface area contributed by atoms with Gasteiger partial charge in [0.05, 0.1) is 11.0 Å². The zero-order valence-corrected chi connectivity index (χ0v) is 21.9. The van der Waals surface area contributed by atoms with Gasteiger partial charge in [-0.05, 0) is 68.9 Å². The lowest BCUT2D eigenvalue weighted by atomic mass is 9.73. The number of fused-ring (bicyclic) bond motifs is 5. The Bertz CT molecular complexity index is 1490. The highest BCUT2D eigenvalue weighted by molar-refractivity contribution is 5.75. The molecule has 2 saturated carbocycles. The lowest BCUT2D eigenvalue weighted by molar-refractivity contribution is -0.0420. The molecule has 3 aromatic rings. The summed E-state index contributed by atoms with van der Waals surface area (Å²) in [5, 5.41) is 0. The molecule has 38 heavy (non-hydrogen) atoms. The van der Waals surface area contributed by atoms with E-state index in [1.165, 1.54) is 81.0 Å². The SMILES string of the molecule is O=c1ccn(-c2nc3ccccc3n([C@@H]3C[C@H]4CCC[C@@H](C3)N4[C@@H]3C[C@@H]4CCCC[C@@H](C4)C3)c2=O)c(=O)[nH]1. The van der Waals surface area contributed by atoms with Crippen molar-refractivity contribution < 1.29 is 0 Å². The van der Waals surface area contributed by atoms with Gasteiger partial charge >= 0.3 is 5.69 Å². The summed E-state index contributed by atoms with van der Waals surface area (Å²) in [4.78, 5) is 48.1. The Morgan fingerprint density at radius 2 is 1.45 bits per heavy atom. The van der Waals surface area contributed by atoms with Crippen molar-refractivity contribution in [3.63, 3.8) is 0 Å². The summed E-state index contributed by atoms with van der Waals surface area (Å²) in [5.41, 5.74) is 0.102. The quantitative estimate of drug-likeness (QED) is 0.566. The van der Waals surface area contributed by atoms with E-state index in [-0.39, 0.29) is 17.4 Å². The number of hydrogen-bond donors (Lipinski definition) is 1. The van der Waals surface area contributed by atoms with Crippen LogP contribution in [0.3, 0.4) is 0 Å². The van der Waals surface area contributed by atoms with Gasteiger partial charge in [-0.15, -0.1) is 0 Å². The van der Waals surface area contributed by atoms with Gasteiger partial charge in [0.15, 0.2) is 0 Å². The summed E-state index contributed by atoms with van der Waals surface area (Å²) < 4.78 is 3.09. The van der Waals surface area contributed by atoms with Crippen LogP contribution in [0.25, 0.3) is 16.9 Å². The smallest absolute Gasteiger partial charge is 0.300 e. The van der Waals surface area contributed by atoms with Gasteiger partial charge in [0.25, 0.3) is 11.1 Å². The number of para-hydroxylation sites is 2. The van der Waals surface area contributed by atoms with Gasteiger partial charge in [-0.2, -0.15) is 0 Å². The van der Waals surface area contributed by atoms with Crippen molar-refractivity contribution in [1.29, 1.82) is 0 Å². The standard InChI is InChI=1S/C30H37N5O3/c36-27-12-13-33(30(38)32-27)28-29(37)35(26-11-4-3-10-25(26)31-28)24-17-21-8-5-9-22(18-24)34(21)23-15-19-6-1-2-7-20(14-19)16-23/h3-4,10-13,19-24H,1-2,5-9,14-18H2,(H,32,36,38)/t19-,20+,21-,22+,23-,24-. The summed E-state index contributed by atoms with van der Waals surface area (Å²) in [5.74, 6) is 1.84. The van der Waals surface area contributed by atoms with Crippen molar-refractivity contribution >= 4 is 11.0 Å². The number of rotatable bonds is 3. The highest BCUT2D eigenvalue weighted by Gasteiger charge is 2.45. The molecule has 4 heterocycles. The lowest BCUT2D eigenvalue weighted by Gasteiger charge is -2.54. The van der Waals surface area contributed by atoms with Crippen LogP contribution >= 0.6 is 0 Å². The summed E-state index contributed by atoms with van der Waals surface area (Å²) in [6.45, 7) is 0. The largest absolute Gasteiger partial charge is 0.334 e. The topological polar surface area (TPSA) is 93.0 Å². The first-order valence-corrected chi connectivity index (χ1v) is 14.7. The fourth-order valence-corrected chi connectivity index (χ4v) is 8.55. The van der Waals surface area contributed by atoms with E-state index in [9.17, 15) is 14.4 Å². The Hall–Kier alpha value is -3.00. The van der Waals surface area contributed by atoms with Crippen molar-refractivity contribution in [2.75, 3.05) is 0 Å². The third kappa shape index (κ3) is 4.17. The van der Waals surface area contributed by atoms with Crippen LogP contribution in [0.1, 0.15) is 83.1 Å². The molecule has 4 aliphatic rings. The first-order chi connectivity index (χ1) is 18.5. The minimum Gasteiger partial charge on any atom is -0.300 e. The zero-order valence-electron chi connectivity index (χ0n) is 21.9. The Balaban J connectivity index is 1.27. The van der Waals surface area contributed by atoms with Gasteiger partial charge in [-0.1, -0.05) is 44.2 Å². The number of benzene rings is 1. The number of aromatic amines is 1. The molecule has 0 spiro atoms. The van der Waals surface area contributed by atoms with Crippen LogP contribution in [-0.2, 0) is 0 Å². The van der Waals surface area contributed by atoms with Gasteiger partial charge in [-0.25, -0.2) is 14.3 Å². The number of piperidine rings is 2. The van der Waals surface area contributed by atoms with E-state index in [1.807, 2.05) is 28.8 Å². The highest BCUT2D eigenvalue weighted by atomic mass is 16.2. The molecule has 4 bridgehead atoms. The molecule has 2 aliphatic heterocycles. The van der Waals surface area contributed by atoms with E-state index in [0.29, 0.717) is 23.6 Å². The second-order valence-electron chi connectivity index (χ2n) is 12.3. The third-order valence-electron chi connectivity index (χ3n) is 9.98. The molecule has 200 valence electrons. The van der Waals surface area contributed by atoms with Crippen LogP contribution in [0.5, 0.6) is 0 Å². The molecular formula is C30H37N5O3. The molecule has 1 N–H and O–H groups in total. The van der Waals surface area contributed by atoms with Gasteiger partial charge in [0, 0.05) is 36.4 Å². The molecule has 8 nitrogen and oxygen atoms in total. The molecule has 2 aliphatic carbocycles. The number of nitrogens with zero attached hydrogens (tertiary/aromatic N) is 4. The minimum atomic E-state index is -0.644. The molecule has 6 atom stereocenters. The van der Waals surface area contributed by atoms with Crippen molar-refractivity contribution in [2.45, 2.75) is 101 Å². The maximum Gasteiger partial charge on any atom is 0.334 e. The molecule has 2 saturated heterocycles. The van der Waals surface area contributed by atoms with Crippen molar-refractivity contribution in [3.8, 4) is 5.82 Å². The maximum absolute atomic E-state index is 14.0. The minimum absolute atomic E-state index is 0.0499. The molecule has 0 unspecified atom stereocenters. The number of hydrogen-bond acceptors (Lipinski definition) is 5. The number of aromatic nitrogens is 4. The van der Waals surface area contributed by atoms with Crippen molar-refractivity contribution in [2.24, 2.45) is 11.8 Å². The van der Waals surface area contributed by atoms with E-state index in [2.05, 4.69) is 14.9 Å². The van der Waals surface area contributed by atoms with E-state index >= 15 is 0 Å². The fourth-order valence-electron chi connectivity index (χ4n) is 8.55. The van der Waals surface area contributed by atoms with E-state index in [0.717, 1.165) is 30.2 Å². The molecule has 1 aromatic carbocycles. The summed E-state index contributed by atoms with van der Waals surface area (Å²) in [6, 6.07) is 10.7. The van der Waals surface area contributed by atoms with Crippen LogP contribution in [-0.4, -0.2) is 42.1 Å². The van der Waals surface area contributed by atoms with Crippen LogP contribution in [0.4, 0.5) is 0 Å². The second kappa shape index (κ2) is 9.63. The highest BCUT2D eigenvalue weighted by Crippen LogP contribution is 2.47. The first-order valence-electron chi connectivity index (χ1n) is 14.7. The van der Waals surface area contributed by atoms with Crippen LogP contribution in [0, 0.1) is 11.8 Å². The fraction of sp³-hybridized carbons (Fsp3) is 0.600. The number of H-pyrrole nitrogens is 1. The average molecular weight is 516 g/mol. The third-order valence-corrected chi connectivity index (χ3v) is 9.98. The Morgan fingerprint density at radius 3 is 2.16 bits per heavy atom. The Labute approximate surface area is 221 Å². The molecule has 0 radical (unpaired) electrons. The molecule has 7 rings (SSSR count). The summed E-state index contributed by atoms with van der Waals surface area (Å²) in [6.07, 6.45) is 16.7. The molecular weight excluding hydrogens is 478 g/mol. The Morgan fingerprint density at radius 1 is 0.737 bits per heavy atom. The molecule has 0 amide bonds. The average Bonchev–Trinajstić information content (AvgIpc) is 3.07. The molecule has 2 aromatic heterocycles. The summed E-state index contributed by atoms with van der Waals surface area (Å²) in [7, 11) is 0. The van der Waals surface area contributed by atoms with Gasteiger partial charge in [0.1, 0.15) is 0 Å². The van der Waals surface area contributed by atoms with Crippen molar-refractivity contribution in [3.05, 3.63) is 67.7 Å². The van der Waals surface area contributed by atoms with Crippen LogP contribution < -0.4 is 16.8 Å². The summed E-state index contributed by atoms with van der Waals surface area (Å²) >= 11 is 0. The Kier molecular flexibility index (Phi) is 6.10. The lowest BCUT2D eigenvalue weighted by Crippen LogP contribution is -2.58. The first kappa shape index (κ1) is 24.1. The van der Waals surface area contributed by atoms with E-state index < -0.39 is 11.2 Å². The van der Waals surface area contributed by atoms with Crippen LogP contribution in [0.2, 0.25) is 0 Å². The van der Waals surface area contributed by atoms with Crippen LogP contribution in [0.15, 0.2) is 50.9 Å². The predicted octanol–water partition coefficient (Wildman–Crippen LogP) is 4.15. The monoisotopic (exact) mass is 515 g/mol. The normalized spacial score (nSPS) is 31.7. The van der Waals surface area contributed by atoms with Gasteiger partial charge in [-0.3, -0.25) is 19.5 Å². The molecule has 4 fully saturated rings. The molecule has 8 heteroatoms. The maximum atomic E-state index is 14.0. The van der Waals surface area contributed by atoms with Crippen molar-refractivity contribution in [1.82, 2.24) is 24.0 Å². The van der Waals surface area contributed by atoms with E-state index in [1.54, 1.807) is 0 Å². The zero-order chi connectivity index (χ0) is 25.8. The van der Waals surface area contributed by atoms with Gasteiger partial charge in [0.2, 0.25) is 5.82 Å². The van der Waals surface area contributed by atoms with E-state index in [4.69, 9.17) is 0 Å². The predicted molar refractivity (Wildman–Crippen MR) is 147 cm³/mol. The second-order valence-corrected chi connectivity index (χ2v) is 12.3. The van der Waals surface area contributed by atoms with Gasteiger partial charge < -0.3 is 4.57 Å². The number of nitrogens with one attached hydrogen (secondary N) is 1.